The number of amides is 1. The molecule has 1 heterocycles. The number of nitrogens with zero attached hydrogens (tertiary/aromatic N) is 1. The van der Waals surface area contributed by atoms with Gasteiger partial charge in [-0.1, -0.05) is 37.6 Å². The van der Waals surface area contributed by atoms with Crippen LogP contribution in [0.25, 0.3) is 0 Å². The largest absolute Gasteiger partial charge is 0.354 e. The first kappa shape index (κ1) is 19.2. The van der Waals surface area contributed by atoms with Gasteiger partial charge in [0.15, 0.2) is 9.84 Å². The van der Waals surface area contributed by atoms with E-state index in [2.05, 4.69) is 5.32 Å². The SMILES string of the molecule is CN(CC(=O)NCC(C)(C)c1cccc(Cl)c1)[C@@H]1CCS(=O)(=O)C1. The highest BCUT2D eigenvalue weighted by Crippen LogP contribution is 2.24. The summed E-state index contributed by atoms with van der Waals surface area (Å²) in [5, 5.41) is 3.62. The molecule has 0 saturated carbocycles. The van der Waals surface area contributed by atoms with E-state index < -0.39 is 9.84 Å². The summed E-state index contributed by atoms with van der Waals surface area (Å²) in [6.45, 7) is 4.78. The van der Waals surface area contributed by atoms with Crippen molar-refractivity contribution in [3.63, 3.8) is 0 Å². The molecule has 7 heteroatoms. The molecule has 5 nitrogen and oxygen atoms in total. The molecule has 1 aromatic rings. The van der Waals surface area contributed by atoms with Crippen LogP contribution in [-0.4, -0.2) is 56.9 Å². The molecule has 1 saturated heterocycles. The summed E-state index contributed by atoms with van der Waals surface area (Å²) in [5.41, 5.74) is 0.820. The van der Waals surface area contributed by atoms with Crippen molar-refractivity contribution in [2.75, 3.05) is 31.6 Å². The van der Waals surface area contributed by atoms with Crippen molar-refractivity contribution in [1.29, 1.82) is 0 Å². The van der Waals surface area contributed by atoms with Crippen molar-refractivity contribution in [3.8, 4) is 0 Å². The number of carbonyl (C=O) groups is 1. The zero-order valence-electron chi connectivity index (χ0n) is 14.4. The first-order valence-corrected chi connectivity index (χ1v) is 10.2. The van der Waals surface area contributed by atoms with Crippen LogP contribution in [0, 0.1) is 0 Å². The van der Waals surface area contributed by atoms with Crippen molar-refractivity contribution in [2.24, 2.45) is 0 Å². The Kier molecular flexibility index (Phi) is 5.94. The third kappa shape index (κ3) is 5.19. The molecule has 1 fully saturated rings. The molecule has 0 bridgehead atoms. The third-order valence-electron chi connectivity index (χ3n) is 4.56. The first-order chi connectivity index (χ1) is 11.1. The van der Waals surface area contributed by atoms with E-state index in [-0.39, 0.29) is 35.4 Å². The molecule has 1 N–H and O–H groups in total. The summed E-state index contributed by atoms with van der Waals surface area (Å²) in [7, 11) is -1.14. The standard InChI is InChI=1S/C17H25ClN2O3S/c1-17(2,13-5-4-6-14(18)9-13)12-19-16(21)10-20(3)15-7-8-24(22,23)11-15/h4-6,9,15H,7-8,10-12H2,1-3H3,(H,19,21)/t15-/m1/s1. The lowest BCUT2D eigenvalue weighted by Crippen LogP contribution is -2.44. The van der Waals surface area contributed by atoms with E-state index >= 15 is 0 Å². The molecular weight excluding hydrogens is 348 g/mol. The minimum absolute atomic E-state index is 0.0679. The van der Waals surface area contributed by atoms with Crippen molar-refractivity contribution in [2.45, 2.75) is 31.7 Å². The van der Waals surface area contributed by atoms with Gasteiger partial charge in [-0.05, 0) is 31.2 Å². The Labute approximate surface area is 149 Å². The van der Waals surface area contributed by atoms with E-state index in [1.54, 1.807) is 7.05 Å². The lowest BCUT2D eigenvalue weighted by molar-refractivity contribution is -0.122. The first-order valence-electron chi connectivity index (χ1n) is 8.02. The average molecular weight is 373 g/mol. The molecule has 1 aromatic carbocycles. The Morgan fingerprint density at radius 1 is 1.42 bits per heavy atom. The number of carbonyl (C=O) groups excluding carboxylic acids is 1. The van der Waals surface area contributed by atoms with Gasteiger partial charge in [0.2, 0.25) is 5.91 Å². The van der Waals surface area contributed by atoms with Gasteiger partial charge in [-0.2, -0.15) is 0 Å². The van der Waals surface area contributed by atoms with Gasteiger partial charge >= 0.3 is 0 Å². The van der Waals surface area contributed by atoms with E-state index in [9.17, 15) is 13.2 Å². The maximum atomic E-state index is 12.2. The van der Waals surface area contributed by atoms with Crippen LogP contribution in [0.15, 0.2) is 24.3 Å². The molecule has 0 spiro atoms. The van der Waals surface area contributed by atoms with Crippen LogP contribution < -0.4 is 5.32 Å². The number of likely N-dealkylation sites (N-methyl/N-ethyl adjacent to an activating group) is 1. The van der Waals surface area contributed by atoms with E-state index in [0.717, 1.165) is 5.56 Å². The van der Waals surface area contributed by atoms with Gasteiger partial charge in [0.25, 0.3) is 0 Å². The Morgan fingerprint density at radius 2 is 2.12 bits per heavy atom. The summed E-state index contributed by atoms with van der Waals surface area (Å²) in [6, 6.07) is 7.55. The average Bonchev–Trinajstić information content (AvgIpc) is 2.86. The van der Waals surface area contributed by atoms with E-state index in [4.69, 9.17) is 11.6 Å². The Balaban J connectivity index is 1.86. The fraction of sp³-hybridized carbons (Fsp3) is 0.588. The van der Waals surface area contributed by atoms with Gasteiger partial charge < -0.3 is 5.32 Å². The van der Waals surface area contributed by atoms with Gasteiger partial charge in [-0.25, -0.2) is 8.42 Å². The van der Waals surface area contributed by atoms with Crippen LogP contribution in [-0.2, 0) is 20.0 Å². The highest BCUT2D eigenvalue weighted by molar-refractivity contribution is 7.91. The highest BCUT2D eigenvalue weighted by atomic mass is 35.5. The molecule has 0 unspecified atom stereocenters. The molecule has 0 aromatic heterocycles. The Hall–Kier alpha value is -1.11. The molecular formula is C17H25ClN2O3S. The molecule has 0 aliphatic carbocycles. The lowest BCUT2D eigenvalue weighted by Gasteiger charge is -2.27. The second-order valence-corrected chi connectivity index (χ2v) is 9.81. The van der Waals surface area contributed by atoms with Gasteiger partial charge in [0.1, 0.15) is 0 Å². The minimum atomic E-state index is -2.94. The second-order valence-electron chi connectivity index (χ2n) is 7.14. The molecule has 1 amide bonds. The maximum Gasteiger partial charge on any atom is 0.234 e. The quantitative estimate of drug-likeness (QED) is 0.827. The minimum Gasteiger partial charge on any atom is -0.354 e. The topological polar surface area (TPSA) is 66.5 Å². The van der Waals surface area contributed by atoms with Crippen molar-refractivity contribution < 1.29 is 13.2 Å². The monoisotopic (exact) mass is 372 g/mol. The second kappa shape index (κ2) is 7.42. The zero-order valence-corrected chi connectivity index (χ0v) is 16.0. The molecule has 1 atom stereocenters. The van der Waals surface area contributed by atoms with Crippen molar-refractivity contribution >= 4 is 27.3 Å². The Morgan fingerprint density at radius 3 is 2.71 bits per heavy atom. The number of halogens is 1. The van der Waals surface area contributed by atoms with E-state index in [0.29, 0.717) is 18.0 Å². The van der Waals surface area contributed by atoms with Crippen molar-refractivity contribution in [3.05, 3.63) is 34.9 Å². The van der Waals surface area contributed by atoms with Crippen molar-refractivity contribution in [1.82, 2.24) is 10.2 Å². The van der Waals surface area contributed by atoms with Gasteiger partial charge in [0, 0.05) is 23.0 Å². The molecule has 24 heavy (non-hydrogen) atoms. The number of sulfone groups is 1. The van der Waals surface area contributed by atoms with Crippen LogP contribution >= 0.6 is 11.6 Å². The summed E-state index contributed by atoms with van der Waals surface area (Å²) in [4.78, 5) is 14.0. The van der Waals surface area contributed by atoms with Crippen LogP contribution in [0.1, 0.15) is 25.8 Å². The van der Waals surface area contributed by atoms with E-state index in [1.807, 2.05) is 43.0 Å². The predicted molar refractivity (Wildman–Crippen MR) is 97.2 cm³/mol. The number of hydrogen-bond acceptors (Lipinski definition) is 4. The molecule has 1 aliphatic heterocycles. The number of nitrogens with one attached hydrogen (secondary N) is 1. The van der Waals surface area contributed by atoms with Crippen LogP contribution in [0.5, 0.6) is 0 Å². The van der Waals surface area contributed by atoms with Crippen LogP contribution in [0.3, 0.4) is 0 Å². The lowest BCUT2D eigenvalue weighted by atomic mass is 9.84. The number of rotatable bonds is 6. The third-order valence-corrected chi connectivity index (χ3v) is 6.54. The fourth-order valence-electron chi connectivity index (χ4n) is 2.87. The fourth-order valence-corrected chi connectivity index (χ4v) is 4.86. The zero-order chi connectivity index (χ0) is 18.0. The number of benzene rings is 1. The Bertz CT molecular complexity index is 704. The summed E-state index contributed by atoms with van der Waals surface area (Å²) in [6.07, 6.45) is 0.597. The van der Waals surface area contributed by atoms with Gasteiger partial charge in [0.05, 0.1) is 18.1 Å². The molecule has 134 valence electrons. The maximum absolute atomic E-state index is 12.2. The number of hydrogen-bond donors (Lipinski definition) is 1. The summed E-state index contributed by atoms with van der Waals surface area (Å²) in [5.74, 6) is 0.257. The summed E-state index contributed by atoms with van der Waals surface area (Å²) >= 11 is 6.04. The molecule has 2 rings (SSSR count). The van der Waals surface area contributed by atoms with Crippen LogP contribution in [0.4, 0.5) is 0 Å². The van der Waals surface area contributed by atoms with Gasteiger partial charge in [-0.15, -0.1) is 0 Å². The van der Waals surface area contributed by atoms with Gasteiger partial charge in [-0.3, -0.25) is 9.69 Å². The molecule has 1 aliphatic rings. The molecule has 0 radical (unpaired) electrons. The van der Waals surface area contributed by atoms with Crippen LogP contribution in [0.2, 0.25) is 5.02 Å². The predicted octanol–water partition coefficient (Wildman–Crippen LogP) is 1.85. The smallest absolute Gasteiger partial charge is 0.234 e. The van der Waals surface area contributed by atoms with E-state index in [1.165, 1.54) is 0 Å². The normalized spacial score (nSPS) is 20.3. The highest BCUT2D eigenvalue weighted by Gasteiger charge is 2.31. The summed E-state index contributed by atoms with van der Waals surface area (Å²) < 4.78 is 23.1.